The third-order valence-electron chi connectivity index (χ3n) is 5.55. The second-order valence-electron chi connectivity index (χ2n) is 7.85. The first-order valence-corrected chi connectivity index (χ1v) is 11.8. The Morgan fingerprint density at radius 2 is 1.54 bits per heavy atom. The number of carboxylic acids is 1. The van der Waals surface area contributed by atoms with Crippen LogP contribution in [0, 0.1) is 5.82 Å². The first-order valence-electron chi connectivity index (χ1n) is 10.4. The summed E-state index contributed by atoms with van der Waals surface area (Å²) in [5, 5.41) is 11.7. The van der Waals surface area contributed by atoms with E-state index in [2.05, 4.69) is 5.32 Å². The number of benzene rings is 3. The fraction of sp³-hybridized carbons (Fsp3) is 0.125. The average Bonchev–Trinajstić information content (AvgIpc) is 2.85. The molecule has 0 aromatic heterocycles. The Labute approximate surface area is 200 Å². The highest BCUT2D eigenvalue weighted by molar-refractivity contribution is 7.90. The number of aromatic carboxylic acids is 1. The SMILES string of the molecule is CN1C(=O)N(Cc2ccc(C(=O)O)cc2)S(=O)(=O)c2cc(C(=O)NCc3ccc(F)cc3)ccc21. The smallest absolute Gasteiger partial charge is 0.338 e. The predicted octanol–water partition coefficient (Wildman–Crippen LogP) is 3.21. The summed E-state index contributed by atoms with van der Waals surface area (Å²) < 4.78 is 40.4. The molecule has 180 valence electrons. The van der Waals surface area contributed by atoms with Gasteiger partial charge in [0.15, 0.2) is 0 Å². The fourth-order valence-electron chi connectivity index (χ4n) is 3.59. The van der Waals surface area contributed by atoms with Crippen LogP contribution in [0.15, 0.2) is 71.6 Å². The van der Waals surface area contributed by atoms with Crippen molar-refractivity contribution < 1.29 is 32.3 Å². The molecular weight excluding hydrogens is 477 g/mol. The molecule has 0 spiro atoms. The Morgan fingerprint density at radius 1 is 0.943 bits per heavy atom. The molecule has 9 nitrogen and oxygen atoms in total. The number of nitrogens with one attached hydrogen (secondary N) is 1. The van der Waals surface area contributed by atoms with Crippen LogP contribution in [0.1, 0.15) is 31.8 Å². The Balaban J connectivity index is 1.60. The number of halogens is 1. The van der Waals surface area contributed by atoms with Gasteiger partial charge in [-0.25, -0.2) is 26.7 Å². The highest BCUT2D eigenvalue weighted by Crippen LogP contribution is 2.35. The maximum Gasteiger partial charge on any atom is 0.338 e. The molecule has 1 heterocycles. The summed E-state index contributed by atoms with van der Waals surface area (Å²) >= 11 is 0. The van der Waals surface area contributed by atoms with Gasteiger partial charge in [-0.05, 0) is 53.6 Å². The average molecular weight is 498 g/mol. The number of fused-ring (bicyclic) bond motifs is 1. The van der Waals surface area contributed by atoms with Gasteiger partial charge in [0.1, 0.15) is 10.7 Å². The van der Waals surface area contributed by atoms with E-state index in [9.17, 15) is 27.2 Å². The fourth-order valence-corrected chi connectivity index (χ4v) is 5.22. The summed E-state index contributed by atoms with van der Waals surface area (Å²) in [5.41, 5.74) is 1.30. The second-order valence-corrected chi connectivity index (χ2v) is 9.68. The van der Waals surface area contributed by atoms with E-state index in [1.807, 2.05) is 0 Å². The monoisotopic (exact) mass is 497 g/mol. The lowest BCUT2D eigenvalue weighted by molar-refractivity contribution is 0.0696. The molecule has 0 saturated carbocycles. The zero-order valence-corrected chi connectivity index (χ0v) is 19.3. The van der Waals surface area contributed by atoms with Gasteiger partial charge in [0.05, 0.1) is 17.8 Å². The van der Waals surface area contributed by atoms with Gasteiger partial charge in [-0.3, -0.25) is 9.69 Å². The standard InChI is InChI=1S/C24H20FN3O6S/c1-27-20-11-8-18(22(29)26-13-15-4-9-19(25)10-5-15)12-21(20)35(33,34)28(24(27)32)14-16-2-6-17(7-3-16)23(30)31/h2-12H,13-14H2,1H3,(H,26,29)(H,30,31). The van der Waals surface area contributed by atoms with Crippen molar-refractivity contribution in [3.8, 4) is 0 Å². The zero-order valence-electron chi connectivity index (χ0n) is 18.4. The summed E-state index contributed by atoms with van der Waals surface area (Å²) in [4.78, 5) is 37.5. The number of urea groups is 1. The van der Waals surface area contributed by atoms with Crippen molar-refractivity contribution >= 4 is 33.6 Å². The maximum atomic E-state index is 13.3. The molecule has 0 bridgehead atoms. The molecule has 3 amide bonds. The molecule has 4 rings (SSSR count). The molecule has 3 aromatic rings. The van der Waals surface area contributed by atoms with Gasteiger partial charge < -0.3 is 10.4 Å². The molecule has 0 atom stereocenters. The molecule has 1 aliphatic heterocycles. The second kappa shape index (κ2) is 9.18. The van der Waals surface area contributed by atoms with Crippen LogP contribution in [0.4, 0.5) is 14.9 Å². The largest absolute Gasteiger partial charge is 0.478 e. The number of carboxylic acid groups (broad SMARTS) is 1. The van der Waals surface area contributed by atoms with Gasteiger partial charge in [0.25, 0.3) is 15.9 Å². The Morgan fingerprint density at radius 3 is 2.17 bits per heavy atom. The van der Waals surface area contributed by atoms with E-state index in [1.54, 1.807) is 0 Å². The van der Waals surface area contributed by atoms with Crippen molar-refractivity contribution in [2.24, 2.45) is 0 Å². The van der Waals surface area contributed by atoms with Crippen LogP contribution in [-0.4, -0.2) is 42.8 Å². The molecule has 0 fully saturated rings. The molecule has 35 heavy (non-hydrogen) atoms. The van der Waals surface area contributed by atoms with E-state index in [-0.39, 0.29) is 34.8 Å². The normalized spacial score (nSPS) is 14.4. The summed E-state index contributed by atoms with van der Waals surface area (Å²) in [7, 11) is -2.89. The van der Waals surface area contributed by atoms with Gasteiger partial charge >= 0.3 is 12.0 Å². The quantitative estimate of drug-likeness (QED) is 0.539. The molecule has 0 saturated heterocycles. The van der Waals surface area contributed by atoms with Gasteiger partial charge in [0, 0.05) is 19.2 Å². The van der Waals surface area contributed by atoms with Crippen LogP contribution in [0.3, 0.4) is 0 Å². The number of sulfonamides is 1. The summed E-state index contributed by atoms with van der Waals surface area (Å²) in [6.45, 7) is -0.203. The van der Waals surface area contributed by atoms with Crippen LogP contribution >= 0.6 is 0 Å². The van der Waals surface area contributed by atoms with Gasteiger partial charge in [-0.2, -0.15) is 0 Å². The first-order chi connectivity index (χ1) is 16.6. The molecule has 3 aromatic carbocycles. The highest BCUT2D eigenvalue weighted by Gasteiger charge is 2.40. The predicted molar refractivity (Wildman–Crippen MR) is 124 cm³/mol. The molecule has 2 N–H and O–H groups in total. The first kappa shape index (κ1) is 23.9. The number of hydrogen-bond acceptors (Lipinski definition) is 5. The zero-order chi connectivity index (χ0) is 25.3. The topological polar surface area (TPSA) is 124 Å². The number of nitrogens with zero attached hydrogens (tertiary/aromatic N) is 2. The number of rotatable bonds is 6. The number of carbonyl (C=O) groups is 3. The number of hydrogen-bond donors (Lipinski definition) is 2. The van der Waals surface area contributed by atoms with Crippen molar-refractivity contribution in [1.29, 1.82) is 0 Å². The molecular formula is C24H20FN3O6S. The van der Waals surface area contributed by atoms with E-state index in [0.717, 1.165) is 0 Å². The van der Waals surface area contributed by atoms with Crippen molar-refractivity contribution in [2.45, 2.75) is 18.0 Å². The minimum atomic E-state index is -4.31. The van der Waals surface area contributed by atoms with Gasteiger partial charge in [-0.1, -0.05) is 24.3 Å². The minimum absolute atomic E-state index is 0.0281. The molecule has 1 aliphatic rings. The summed E-state index contributed by atoms with van der Waals surface area (Å²) in [6.07, 6.45) is 0. The van der Waals surface area contributed by atoms with Gasteiger partial charge in [-0.15, -0.1) is 0 Å². The molecule has 0 unspecified atom stereocenters. The Bertz CT molecular complexity index is 1420. The van der Waals surface area contributed by atoms with Crippen molar-refractivity contribution in [3.63, 3.8) is 0 Å². The van der Waals surface area contributed by atoms with Crippen molar-refractivity contribution in [1.82, 2.24) is 9.62 Å². The molecule has 0 radical (unpaired) electrons. The lowest BCUT2D eigenvalue weighted by Crippen LogP contribution is -2.48. The highest BCUT2D eigenvalue weighted by atomic mass is 32.2. The van der Waals surface area contributed by atoms with E-state index in [4.69, 9.17) is 5.11 Å². The number of anilines is 1. The van der Waals surface area contributed by atoms with Crippen molar-refractivity contribution in [3.05, 3.63) is 94.8 Å². The van der Waals surface area contributed by atoms with E-state index in [1.165, 1.54) is 78.7 Å². The van der Waals surface area contributed by atoms with E-state index >= 15 is 0 Å². The van der Waals surface area contributed by atoms with Gasteiger partial charge in [0.2, 0.25) is 0 Å². The minimum Gasteiger partial charge on any atom is -0.478 e. The third kappa shape index (κ3) is 4.71. The maximum absolute atomic E-state index is 13.3. The molecule has 11 heteroatoms. The van der Waals surface area contributed by atoms with Crippen LogP contribution in [0.2, 0.25) is 0 Å². The number of carbonyl (C=O) groups excluding carboxylic acids is 2. The van der Waals surface area contributed by atoms with Crippen LogP contribution in [-0.2, 0) is 23.1 Å². The summed E-state index contributed by atoms with van der Waals surface area (Å²) in [6, 6.07) is 14.3. The van der Waals surface area contributed by atoms with Crippen molar-refractivity contribution in [2.75, 3.05) is 11.9 Å². The van der Waals surface area contributed by atoms with E-state index in [0.29, 0.717) is 15.4 Å². The molecule has 0 aliphatic carbocycles. The summed E-state index contributed by atoms with van der Waals surface area (Å²) in [5.74, 6) is -2.07. The lowest BCUT2D eigenvalue weighted by atomic mass is 10.1. The van der Waals surface area contributed by atoms with Crippen LogP contribution in [0.25, 0.3) is 0 Å². The third-order valence-corrected chi connectivity index (χ3v) is 7.29. The van der Waals surface area contributed by atoms with Crippen LogP contribution in [0.5, 0.6) is 0 Å². The Kier molecular flexibility index (Phi) is 6.27. The Hall–Kier alpha value is -4.25. The number of amides is 3. The van der Waals surface area contributed by atoms with Crippen LogP contribution < -0.4 is 10.2 Å². The lowest BCUT2D eigenvalue weighted by Gasteiger charge is -2.34. The van der Waals surface area contributed by atoms with E-state index < -0.39 is 33.7 Å².